The van der Waals surface area contributed by atoms with Crippen LogP contribution in [0.15, 0.2) is 35.3 Å². The Hall–Kier alpha value is -1.71. The molecule has 0 heterocycles. The van der Waals surface area contributed by atoms with Gasteiger partial charge in [-0.15, -0.1) is 0 Å². The lowest BCUT2D eigenvalue weighted by molar-refractivity contribution is 0.277. The Morgan fingerprint density at radius 3 is 2.58 bits per heavy atom. The van der Waals surface area contributed by atoms with Crippen LogP contribution >= 0.6 is 23.2 Å². The van der Waals surface area contributed by atoms with Gasteiger partial charge in [0.15, 0.2) is 11.5 Å². The van der Waals surface area contributed by atoms with Gasteiger partial charge in [0, 0.05) is 11.2 Å². The monoisotopic (exact) mass is 365 g/mol. The van der Waals surface area contributed by atoms with Crippen molar-refractivity contribution < 1.29 is 9.47 Å². The van der Waals surface area contributed by atoms with Crippen LogP contribution in [0.1, 0.15) is 31.4 Å². The fraction of sp³-hybridized carbons (Fsp3) is 0.316. The summed E-state index contributed by atoms with van der Waals surface area (Å²) in [6.45, 7) is 7.03. The summed E-state index contributed by atoms with van der Waals surface area (Å²) in [6, 6.07) is 9.34. The Morgan fingerprint density at radius 1 is 1.08 bits per heavy atom. The summed E-state index contributed by atoms with van der Waals surface area (Å²) in [7, 11) is 0. The first-order valence-corrected chi connectivity index (χ1v) is 8.70. The molecule has 0 radical (unpaired) electrons. The van der Waals surface area contributed by atoms with Gasteiger partial charge in [0.25, 0.3) is 0 Å². The molecule has 0 aromatic heterocycles. The highest BCUT2D eigenvalue weighted by Crippen LogP contribution is 2.36. The minimum atomic E-state index is 0.513. The van der Waals surface area contributed by atoms with E-state index in [2.05, 4.69) is 4.99 Å². The molecule has 3 nitrogen and oxygen atoms in total. The topological polar surface area (TPSA) is 30.8 Å². The SMILES string of the molecule is CCCOc1c(Cl)cc(C=Nc2cccc(Cl)c2C)cc1OCC. The molecule has 0 fully saturated rings. The average molecular weight is 366 g/mol. The number of rotatable bonds is 7. The molecule has 0 atom stereocenters. The first kappa shape index (κ1) is 18.6. The third-order valence-corrected chi connectivity index (χ3v) is 4.06. The molecule has 128 valence electrons. The fourth-order valence-electron chi connectivity index (χ4n) is 2.15. The summed E-state index contributed by atoms with van der Waals surface area (Å²) in [5.41, 5.74) is 2.60. The highest BCUT2D eigenvalue weighted by atomic mass is 35.5. The Labute approximate surface area is 153 Å². The van der Waals surface area contributed by atoms with Crippen LogP contribution in [0.4, 0.5) is 5.69 Å². The van der Waals surface area contributed by atoms with Crippen LogP contribution in [0.5, 0.6) is 11.5 Å². The lowest BCUT2D eigenvalue weighted by Gasteiger charge is -2.13. The summed E-state index contributed by atoms with van der Waals surface area (Å²) in [6.07, 6.45) is 2.65. The van der Waals surface area contributed by atoms with Gasteiger partial charge in [0.05, 0.1) is 23.9 Å². The standard InChI is InChI=1S/C19H21Cl2NO2/c1-4-9-24-19-16(21)10-14(11-18(19)23-5-2)12-22-17-8-6-7-15(20)13(17)3/h6-8,10-12H,4-5,9H2,1-3H3. The van der Waals surface area contributed by atoms with Crippen molar-refractivity contribution >= 4 is 35.1 Å². The van der Waals surface area contributed by atoms with E-state index in [-0.39, 0.29) is 0 Å². The zero-order chi connectivity index (χ0) is 17.5. The van der Waals surface area contributed by atoms with Crippen molar-refractivity contribution in [2.45, 2.75) is 27.2 Å². The van der Waals surface area contributed by atoms with Gasteiger partial charge in [-0.1, -0.05) is 36.2 Å². The predicted molar refractivity (Wildman–Crippen MR) is 102 cm³/mol. The highest BCUT2D eigenvalue weighted by Gasteiger charge is 2.12. The fourth-order valence-corrected chi connectivity index (χ4v) is 2.59. The van der Waals surface area contributed by atoms with E-state index >= 15 is 0 Å². The van der Waals surface area contributed by atoms with Gasteiger partial charge in [-0.05, 0) is 55.7 Å². The van der Waals surface area contributed by atoms with E-state index in [1.807, 2.05) is 51.1 Å². The predicted octanol–water partition coefficient (Wildman–Crippen LogP) is 6.24. The maximum absolute atomic E-state index is 6.36. The molecule has 24 heavy (non-hydrogen) atoms. The Balaban J connectivity index is 2.33. The van der Waals surface area contributed by atoms with Gasteiger partial charge >= 0.3 is 0 Å². The van der Waals surface area contributed by atoms with Crippen LogP contribution in [0, 0.1) is 6.92 Å². The van der Waals surface area contributed by atoms with Crippen LogP contribution < -0.4 is 9.47 Å². The molecule has 0 aliphatic heterocycles. The van der Waals surface area contributed by atoms with Gasteiger partial charge in [-0.25, -0.2) is 0 Å². The minimum absolute atomic E-state index is 0.513. The Kier molecular flexibility index (Phi) is 6.95. The zero-order valence-corrected chi connectivity index (χ0v) is 15.6. The number of benzene rings is 2. The largest absolute Gasteiger partial charge is 0.490 e. The summed E-state index contributed by atoms with van der Waals surface area (Å²) in [5.74, 6) is 1.21. The van der Waals surface area contributed by atoms with Gasteiger partial charge in [0.1, 0.15) is 0 Å². The van der Waals surface area contributed by atoms with E-state index in [9.17, 15) is 0 Å². The van der Waals surface area contributed by atoms with Crippen molar-refractivity contribution in [2.24, 2.45) is 4.99 Å². The van der Waals surface area contributed by atoms with Gasteiger partial charge in [-0.2, -0.15) is 0 Å². The van der Waals surface area contributed by atoms with Gasteiger partial charge in [0.2, 0.25) is 0 Å². The minimum Gasteiger partial charge on any atom is -0.490 e. The van der Waals surface area contributed by atoms with Crippen LogP contribution in [-0.4, -0.2) is 19.4 Å². The lowest BCUT2D eigenvalue weighted by atomic mass is 10.2. The lowest BCUT2D eigenvalue weighted by Crippen LogP contribution is -2.01. The Morgan fingerprint density at radius 2 is 1.88 bits per heavy atom. The molecule has 0 N–H and O–H groups in total. The molecule has 0 aliphatic rings. The average Bonchev–Trinajstić information content (AvgIpc) is 2.56. The molecule has 0 aliphatic carbocycles. The second kappa shape index (κ2) is 8.95. The van der Waals surface area contributed by atoms with E-state index in [1.54, 1.807) is 6.21 Å². The molecule has 0 saturated heterocycles. The molecule has 2 rings (SSSR count). The second-order valence-electron chi connectivity index (χ2n) is 5.25. The number of hydrogen-bond acceptors (Lipinski definition) is 3. The van der Waals surface area contributed by atoms with Crippen LogP contribution in [0.3, 0.4) is 0 Å². The van der Waals surface area contributed by atoms with Crippen LogP contribution in [0.2, 0.25) is 10.0 Å². The van der Waals surface area contributed by atoms with Gasteiger partial charge in [-0.3, -0.25) is 4.99 Å². The number of halogens is 2. The molecular formula is C19H21Cl2NO2. The molecule has 0 saturated carbocycles. The third-order valence-electron chi connectivity index (χ3n) is 3.37. The quantitative estimate of drug-likeness (QED) is 0.543. The van der Waals surface area contributed by atoms with E-state index in [1.165, 1.54) is 0 Å². The number of ether oxygens (including phenoxy) is 2. The summed E-state index contributed by atoms with van der Waals surface area (Å²) in [4.78, 5) is 4.51. The smallest absolute Gasteiger partial charge is 0.179 e. The van der Waals surface area contributed by atoms with Crippen molar-refractivity contribution in [2.75, 3.05) is 13.2 Å². The molecular weight excluding hydrogens is 345 g/mol. The number of hydrogen-bond donors (Lipinski definition) is 0. The first-order chi connectivity index (χ1) is 11.6. The first-order valence-electron chi connectivity index (χ1n) is 7.95. The van der Waals surface area contributed by atoms with Crippen molar-refractivity contribution in [3.8, 4) is 11.5 Å². The molecule has 0 bridgehead atoms. The van der Waals surface area contributed by atoms with Crippen molar-refractivity contribution in [1.82, 2.24) is 0 Å². The maximum Gasteiger partial charge on any atom is 0.179 e. The van der Waals surface area contributed by atoms with E-state index in [0.29, 0.717) is 34.8 Å². The molecule has 2 aromatic rings. The summed E-state index contributed by atoms with van der Waals surface area (Å²) in [5, 5.41) is 1.21. The summed E-state index contributed by atoms with van der Waals surface area (Å²) >= 11 is 12.5. The van der Waals surface area contributed by atoms with Crippen LogP contribution in [0.25, 0.3) is 0 Å². The highest BCUT2D eigenvalue weighted by molar-refractivity contribution is 6.32. The number of nitrogens with zero attached hydrogens (tertiary/aromatic N) is 1. The van der Waals surface area contributed by atoms with Crippen LogP contribution in [-0.2, 0) is 0 Å². The number of aliphatic imine (C=N–C) groups is 1. The third kappa shape index (κ3) is 4.65. The second-order valence-corrected chi connectivity index (χ2v) is 6.07. The van der Waals surface area contributed by atoms with Crippen molar-refractivity contribution in [3.63, 3.8) is 0 Å². The van der Waals surface area contributed by atoms with E-state index in [0.717, 1.165) is 23.2 Å². The summed E-state index contributed by atoms with van der Waals surface area (Å²) < 4.78 is 11.4. The molecule has 0 spiro atoms. The zero-order valence-electron chi connectivity index (χ0n) is 14.1. The maximum atomic E-state index is 6.36. The molecule has 5 heteroatoms. The van der Waals surface area contributed by atoms with E-state index < -0.39 is 0 Å². The Bertz CT molecular complexity index is 730. The molecule has 0 amide bonds. The molecule has 0 unspecified atom stereocenters. The van der Waals surface area contributed by atoms with Crippen molar-refractivity contribution in [3.05, 3.63) is 51.5 Å². The van der Waals surface area contributed by atoms with E-state index in [4.69, 9.17) is 32.7 Å². The van der Waals surface area contributed by atoms with Crippen molar-refractivity contribution in [1.29, 1.82) is 0 Å². The van der Waals surface area contributed by atoms with Gasteiger partial charge < -0.3 is 9.47 Å². The normalized spacial score (nSPS) is 11.0. The molecule has 2 aromatic carbocycles.